The number of halogens is 3. The van der Waals surface area contributed by atoms with Gasteiger partial charge in [0.05, 0.1) is 18.0 Å². The average Bonchev–Trinajstić information content (AvgIpc) is 3.26. The zero-order valence-corrected chi connectivity index (χ0v) is 15.5. The van der Waals surface area contributed by atoms with Gasteiger partial charge in [-0.15, -0.1) is 0 Å². The van der Waals surface area contributed by atoms with Crippen LogP contribution in [-0.2, 0) is 11.3 Å². The van der Waals surface area contributed by atoms with Crippen LogP contribution in [0.15, 0.2) is 24.8 Å². The fourth-order valence-electron chi connectivity index (χ4n) is 3.18. The molecule has 4 rings (SSSR count). The van der Waals surface area contributed by atoms with Crippen LogP contribution in [0.25, 0.3) is 11.2 Å². The summed E-state index contributed by atoms with van der Waals surface area (Å²) in [7, 11) is 0. The lowest BCUT2D eigenvalue weighted by molar-refractivity contribution is -0.0511. The number of nitrogens with zero attached hydrogens (tertiary/aromatic N) is 4. The molecule has 4 N–H and O–H groups in total. The first-order chi connectivity index (χ1) is 13.9. The molecule has 0 bridgehead atoms. The second kappa shape index (κ2) is 7.76. The second-order valence-corrected chi connectivity index (χ2v) is 6.86. The predicted molar refractivity (Wildman–Crippen MR) is 97.0 cm³/mol. The van der Waals surface area contributed by atoms with Crippen molar-refractivity contribution in [3.63, 3.8) is 0 Å². The van der Waals surface area contributed by atoms with Crippen molar-refractivity contribution in [2.45, 2.75) is 31.1 Å². The standard InChI is InChI=1S/C17H16ClF2N5O4/c18-8-1-2-9(19)7(11(8)20)3-21-15-12-16(23-5-22-15)25(6-24-12)17-14(28)13(27)10(4-26)29-17/h1-2,5-6,10,13-14,17,26-28H,3-4H2,(H,21,22,23)/t10-,13-,14-,17?/m1/s1. The summed E-state index contributed by atoms with van der Waals surface area (Å²) in [5.74, 6) is -1.44. The van der Waals surface area contributed by atoms with E-state index in [4.69, 9.17) is 16.3 Å². The van der Waals surface area contributed by atoms with Crippen molar-refractivity contribution >= 4 is 28.6 Å². The van der Waals surface area contributed by atoms with Crippen LogP contribution in [0.4, 0.5) is 14.6 Å². The van der Waals surface area contributed by atoms with Gasteiger partial charge in [0.1, 0.15) is 36.3 Å². The topological polar surface area (TPSA) is 126 Å². The number of hydrogen-bond donors (Lipinski definition) is 4. The lowest BCUT2D eigenvalue weighted by Gasteiger charge is -2.16. The van der Waals surface area contributed by atoms with Crippen LogP contribution in [0.2, 0.25) is 5.02 Å². The van der Waals surface area contributed by atoms with Crippen LogP contribution in [-0.4, -0.2) is 59.8 Å². The lowest BCUT2D eigenvalue weighted by Crippen LogP contribution is -2.33. The van der Waals surface area contributed by atoms with Crippen molar-refractivity contribution in [3.8, 4) is 0 Å². The normalized spacial score (nSPS) is 24.3. The molecule has 1 unspecified atom stereocenters. The Balaban J connectivity index is 1.63. The number of imidazole rings is 1. The van der Waals surface area contributed by atoms with Crippen LogP contribution in [0.3, 0.4) is 0 Å². The summed E-state index contributed by atoms with van der Waals surface area (Å²) >= 11 is 5.70. The zero-order valence-electron chi connectivity index (χ0n) is 14.7. The molecule has 0 spiro atoms. The van der Waals surface area contributed by atoms with Gasteiger partial charge < -0.3 is 25.4 Å². The molecule has 154 valence electrons. The highest BCUT2D eigenvalue weighted by molar-refractivity contribution is 6.30. The smallest absolute Gasteiger partial charge is 0.167 e. The van der Waals surface area contributed by atoms with Crippen molar-refractivity contribution in [3.05, 3.63) is 47.0 Å². The molecule has 0 aliphatic carbocycles. The van der Waals surface area contributed by atoms with Crippen molar-refractivity contribution in [2.75, 3.05) is 11.9 Å². The third-order valence-electron chi connectivity index (χ3n) is 4.72. The number of ether oxygens (including phenoxy) is 1. The summed E-state index contributed by atoms with van der Waals surface area (Å²) in [6, 6.07) is 2.19. The maximum absolute atomic E-state index is 14.1. The van der Waals surface area contributed by atoms with E-state index in [9.17, 15) is 24.1 Å². The van der Waals surface area contributed by atoms with E-state index < -0.39 is 42.8 Å². The minimum absolute atomic E-state index is 0.194. The SMILES string of the molecule is OC[C@H]1OC(n2cnc3c(NCc4c(F)ccc(Cl)c4F)ncnc32)[C@H](O)[C@@H]1O. The van der Waals surface area contributed by atoms with Crippen LogP contribution in [0.1, 0.15) is 11.8 Å². The number of benzene rings is 1. The number of anilines is 1. The first-order valence-corrected chi connectivity index (χ1v) is 8.96. The molecule has 1 fully saturated rings. The molecule has 0 radical (unpaired) electrons. The highest BCUT2D eigenvalue weighted by atomic mass is 35.5. The van der Waals surface area contributed by atoms with Gasteiger partial charge in [-0.2, -0.15) is 0 Å². The van der Waals surface area contributed by atoms with E-state index in [2.05, 4.69) is 20.3 Å². The maximum Gasteiger partial charge on any atom is 0.167 e. The molecule has 1 aliphatic rings. The van der Waals surface area contributed by atoms with Crippen molar-refractivity contribution in [2.24, 2.45) is 0 Å². The first-order valence-electron chi connectivity index (χ1n) is 8.58. The third-order valence-corrected chi connectivity index (χ3v) is 5.01. The highest BCUT2D eigenvalue weighted by Crippen LogP contribution is 2.32. The minimum atomic E-state index is -1.31. The van der Waals surface area contributed by atoms with E-state index in [1.54, 1.807) is 0 Å². The quantitative estimate of drug-likeness (QED) is 0.444. The number of aliphatic hydroxyl groups is 3. The number of rotatable bonds is 5. The zero-order chi connectivity index (χ0) is 20.7. The van der Waals surface area contributed by atoms with E-state index in [1.165, 1.54) is 17.2 Å². The molecule has 1 aliphatic heterocycles. The third kappa shape index (κ3) is 3.40. The van der Waals surface area contributed by atoms with Gasteiger partial charge in [0.25, 0.3) is 0 Å². The molecule has 12 heteroatoms. The van der Waals surface area contributed by atoms with Gasteiger partial charge in [0, 0.05) is 12.1 Å². The number of nitrogens with one attached hydrogen (secondary N) is 1. The number of aliphatic hydroxyl groups excluding tert-OH is 3. The van der Waals surface area contributed by atoms with E-state index in [1.807, 2.05) is 0 Å². The van der Waals surface area contributed by atoms with Crippen LogP contribution >= 0.6 is 11.6 Å². The van der Waals surface area contributed by atoms with Gasteiger partial charge in [-0.25, -0.2) is 23.7 Å². The number of hydrogen-bond acceptors (Lipinski definition) is 8. The maximum atomic E-state index is 14.1. The van der Waals surface area contributed by atoms with Gasteiger partial charge in [0.15, 0.2) is 23.2 Å². The van der Waals surface area contributed by atoms with Crippen LogP contribution in [0.5, 0.6) is 0 Å². The Hall–Kier alpha value is -2.44. The number of fused-ring (bicyclic) bond motifs is 1. The highest BCUT2D eigenvalue weighted by Gasteiger charge is 2.44. The Kier molecular flexibility index (Phi) is 5.32. The predicted octanol–water partition coefficient (Wildman–Crippen LogP) is 0.981. The largest absolute Gasteiger partial charge is 0.394 e. The van der Waals surface area contributed by atoms with Gasteiger partial charge in [0.2, 0.25) is 0 Å². The van der Waals surface area contributed by atoms with E-state index in [-0.39, 0.29) is 34.1 Å². The van der Waals surface area contributed by atoms with Crippen molar-refractivity contribution in [1.82, 2.24) is 19.5 Å². The Bertz CT molecular complexity index is 1050. The minimum Gasteiger partial charge on any atom is -0.394 e. The molecular formula is C17H16ClF2N5O4. The van der Waals surface area contributed by atoms with Crippen LogP contribution < -0.4 is 5.32 Å². The Morgan fingerprint density at radius 1 is 1.17 bits per heavy atom. The molecule has 9 nitrogen and oxygen atoms in total. The summed E-state index contributed by atoms with van der Waals surface area (Å²) < 4.78 is 34.9. The summed E-state index contributed by atoms with van der Waals surface area (Å²) in [5, 5.41) is 32.0. The fraction of sp³-hybridized carbons (Fsp3) is 0.353. The summed E-state index contributed by atoms with van der Waals surface area (Å²) in [6.45, 7) is -0.717. The van der Waals surface area contributed by atoms with Crippen molar-refractivity contribution < 1.29 is 28.8 Å². The Labute approximate surface area is 167 Å². The van der Waals surface area contributed by atoms with E-state index in [0.29, 0.717) is 0 Å². The van der Waals surface area contributed by atoms with E-state index in [0.717, 1.165) is 12.1 Å². The second-order valence-electron chi connectivity index (χ2n) is 6.45. The molecule has 3 heterocycles. The Morgan fingerprint density at radius 3 is 2.69 bits per heavy atom. The van der Waals surface area contributed by atoms with Gasteiger partial charge >= 0.3 is 0 Å². The molecule has 1 aromatic carbocycles. The summed E-state index contributed by atoms with van der Waals surface area (Å²) in [5.41, 5.74) is 0.254. The molecule has 2 aromatic heterocycles. The molecular weight excluding hydrogens is 412 g/mol. The lowest BCUT2D eigenvalue weighted by atomic mass is 10.1. The summed E-state index contributed by atoms with van der Waals surface area (Å²) in [4.78, 5) is 12.3. The summed E-state index contributed by atoms with van der Waals surface area (Å²) in [6.07, 6.45) is -2.06. The molecule has 4 atom stereocenters. The molecule has 29 heavy (non-hydrogen) atoms. The van der Waals surface area contributed by atoms with Gasteiger partial charge in [-0.05, 0) is 12.1 Å². The molecule has 0 amide bonds. The number of aromatic nitrogens is 4. The van der Waals surface area contributed by atoms with Gasteiger partial charge in [-0.3, -0.25) is 4.57 Å². The van der Waals surface area contributed by atoms with E-state index >= 15 is 0 Å². The van der Waals surface area contributed by atoms with Crippen molar-refractivity contribution in [1.29, 1.82) is 0 Å². The fourth-order valence-corrected chi connectivity index (χ4v) is 3.36. The Morgan fingerprint density at radius 2 is 1.97 bits per heavy atom. The molecule has 0 saturated carbocycles. The molecule has 1 saturated heterocycles. The first kappa shape index (κ1) is 19.9. The van der Waals surface area contributed by atoms with Crippen LogP contribution in [0, 0.1) is 11.6 Å². The van der Waals surface area contributed by atoms with Gasteiger partial charge in [-0.1, -0.05) is 11.6 Å². The monoisotopic (exact) mass is 427 g/mol. The average molecular weight is 428 g/mol. The molecule has 3 aromatic rings.